The summed E-state index contributed by atoms with van der Waals surface area (Å²) in [7, 11) is 0. The minimum absolute atomic E-state index is 0.198. The summed E-state index contributed by atoms with van der Waals surface area (Å²) in [4.78, 5) is 11.7. The van der Waals surface area contributed by atoms with Crippen LogP contribution in [0.15, 0.2) is 0 Å². The van der Waals surface area contributed by atoms with E-state index in [1.54, 1.807) is 0 Å². The molecule has 2 heterocycles. The smallest absolute Gasteiger partial charge is 0.311 e. The van der Waals surface area contributed by atoms with Crippen molar-refractivity contribution in [2.75, 3.05) is 33.0 Å². The maximum atomic E-state index is 11.7. The van der Waals surface area contributed by atoms with Crippen molar-refractivity contribution in [2.45, 2.75) is 44.8 Å². The molecule has 0 atom stereocenters. The van der Waals surface area contributed by atoms with Gasteiger partial charge in [-0.15, -0.1) is 0 Å². The molecule has 2 aliphatic rings. The van der Waals surface area contributed by atoms with Gasteiger partial charge in [0.15, 0.2) is 5.79 Å². The van der Waals surface area contributed by atoms with Crippen molar-refractivity contribution in [3.8, 4) is 0 Å². The number of esters is 1. The summed E-state index contributed by atoms with van der Waals surface area (Å²) in [6.45, 7) is 5.02. The SMILES string of the molecule is CCOC(=O)CC1(CCC2CCOCC2)OCCO1. The van der Waals surface area contributed by atoms with Gasteiger partial charge in [0.05, 0.1) is 26.2 Å². The van der Waals surface area contributed by atoms with Gasteiger partial charge in [-0.25, -0.2) is 0 Å². The summed E-state index contributed by atoms with van der Waals surface area (Å²) in [6, 6.07) is 0. The van der Waals surface area contributed by atoms with Crippen molar-refractivity contribution in [3.05, 3.63) is 0 Å². The van der Waals surface area contributed by atoms with E-state index in [2.05, 4.69) is 0 Å². The zero-order valence-electron chi connectivity index (χ0n) is 11.7. The molecule has 0 unspecified atom stereocenters. The Balaban J connectivity index is 1.82. The van der Waals surface area contributed by atoms with Crippen LogP contribution in [-0.2, 0) is 23.7 Å². The van der Waals surface area contributed by atoms with E-state index < -0.39 is 5.79 Å². The third kappa shape index (κ3) is 4.44. The van der Waals surface area contributed by atoms with Crippen LogP contribution in [-0.4, -0.2) is 44.8 Å². The molecule has 0 aromatic rings. The second-order valence-electron chi connectivity index (χ2n) is 5.18. The fourth-order valence-electron chi connectivity index (χ4n) is 2.72. The van der Waals surface area contributed by atoms with Crippen LogP contribution in [0.1, 0.15) is 39.0 Å². The second kappa shape index (κ2) is 7.22. The lowest BCUT2D eigenvalue weighted by Crippen LogP contribution is -2.35. The van der Waals surface area contributed by atoms with Gasteiger partial charge in [0.1, 0.15) is 0 Å². The predicted molar refractivity (Wildman–Crippen MR) is 68.7 cm³/mol. The highest BCUT2D eigenvalue weighted by molar-refractivity contribution is 5.70. The van der Waals surface area contributed by atoms with E-state index in [1.807, 2.05) is 6.92 Å². The second-order valence-corrected chi connectivity index (χ2v) is 5.18. The molecule has 0 aromatic heterocycles. The van der Waals surface area contributed by atoms with Gasteiger partial charge < -0.3 is 18.9 Å². The molecule has 19 heavy (non-hydrogen) atoms. The molecule has 2 saturated heterocycles. The third-order valence-corrected chi connectivity index (χ3v) is 3.81. The molecule has 0 aliphatic carbocycles. The normalized spacial score (nSPS) is 23.4. The maximum Gasteiger partial charge on any atom is 0.311 e. The first-order valence-corrected chi connectivity index (χ1v) is 7.25. The van der Waals surface area contributed by atoms with Crippen LogP contribution in [0.5, 0.6) is 0 Å². The molecular formula is C14H24O5. The summed E-state index contributed by atoms with van der Waals surface area (Å²) >= 11 is 0. The van der Waals surface area contributed by atoms with Gasteiger partial charge in [-0.3, -0.25) is 4.79 Å². The van der Waals surface area contributed by atoms with E-state index in [9.17, 15) is 4.79 Å². The van der Waals surface area contributed by atoms with Crippen LogP contribution < -0.4 is 0 Å². The van der Waals surface area contributed by atoms with Gasteiger partial charge in [0, 0.05) is 19.6 Å². The zero-order valence-corrected chi connectivity index (χ0v) is 11.7. The fraction of sp³-hybridized carbons (Fsp3) is 0.929. The number of rotatable bonds is 6. The van der Waals surface area contributed by atoms with Gasteiger partial charge in [-0.05, 0) is 32.1 Å². The largest absolute Gasteiger partial charge is 0.466 e. The van der Waals surface area contributed by atoms with Gasteiger partial charge >= 0.3 is 5.97 Å². The summed E-state index contributed by atoms with van der Waals surface area (Å²) in [5, 5.41) is 0. The van der Waals surface area contributed by atoms with Crippen LogP contribution in [0.2, 0.25) is 0 Å². The summed E-state index contributed by atoms with van der Waals surface area (Å²) in [6.07, 6.45) is 4.16. The Morgan fingerprint density at radius 2 is 1.89 bits per heavy atom. The molecule has 5 nitrogen and oxygen atoms in total. The average Bonchev–Trinajstić information content (AvgIpc) is 2.87. The highest BCUT2D eigenvalue weighted by Crippen LogP contribution is 2.32. The Hall–Kier alpha value is -0.650. The van der Waals surface area contributed by atoms with Crippen LogP contribution in [0.3, 0.4) is 0 Å². The molecule has 2 fully saturated rings. The topological polar surface area (TPSA) is 54.0 Å². The molecule has 0 spiro atoms. The molecule has 2 rings (SSSR count). The Morgan fingerprint density at radius 1 is 1.21 bits per heavy atom. The number of ether oxygens (including phenoxy) is 4. The Morgan fingerprint density at radius 3 is 2.53 bits per heavy atom. The number of hydrogen-bond donors (Lipinski definition) is 0. The highest BCUT2D eigenvalue weighted by atomic mass is 16.7. The molecule has 0 amide bonds. The van der Waals surface area contributed by atoms with E-state index in [-0.39, 0.29) is 12.4 Å². The molecule has 110 valence electrons. The van der Waals surface area contributed by atoms with Gasteiger partial charge in [-0.2, -0.15) is 0 Å². The van der Waals surface area contributed by atoms with Crippen molar-refractivity contribution < 1.29 is 23.7 Å². The molecule has 0 aromatic carbocycles. The number of carbonyl (C=O) groups is 1. The summed E-state index contributed by atoms with van der Waals surface area (Å²) < 4.78 is 21.7. The molecule has 0 N–H and O–H groups in total. The lowest BCUT2D eigenvalue weighted by atomic mass is 9.91. The summed E-state index contributed by atoms with van der Waals surface area (Å²) in [5.41, 5.74) is 0. The Kier molecular flexibility index (Phi) is 5.60. The number of hydrogen-bond acceptors (Lipinski definition) is 5. The van der Waals surface area contributed by atoms with Crippen LogP contribution in [0.25, 0.3) is 0 Å². The minimum atomic E-state index is -0.745. The average molecular weight is 272 g/mol. The molecule has 0 saturated carbocycles. The van der Waals surface area contributed by atoms with E-state index in [0.717, 1.165) is 38.9 Å². The van der Waals surface area contributed by atoms with Gasteiger partial charge in [-0.1, -0.05) is 0 Å². The highest BCUT2D eigenvalue weighted by Gasteiger charge is 2.39. The molecular weight excluding hydrogens is 248 g/mol. The first-order chi connectivity index (χ1) is 9.24. The van der Waals surface area contributed by atoms with Crippen molar-refractivity contribution in [1.29, 1.82) is 0 Å². The number of carbonyl (C=O) groups excluding carboxylic acids is 1. The van der Waals surface area contributed by atoms with Crippen molar-refractivity contribution in [3.63, 3.8) is 0 Å². The summed E-state index contributed by atoms with van der Waals surface area (Å²) in [5.74, 6) is -0.332. The first-order valence-electron chi connectivity index (χ1n) is 7.25. The van der Waals surface area contributed by atoms with Crippen molar-refractivity contribution >= 4 is 5.97 Å². The molecule has 0 radical (unpaired) electrons. The zero-order chi connectivity index (χ0) is 13.6. The minimum Gasteiger partial charge on any atom is -0.466 e. The predicted octanol–water partition coefficient (Wildman–Crippen LogP) is 1.89. The monoisotopic (exact) mass is 272 g/mol. The van der Waals surface area contributed by atoms with Crippen LogP contribution in [0, 0.1) is 5.92 Å². The quantitative estimate of drug-likeness (QED) is 0.691. The van der Waals surface area contributed by atoms with Crippen LogP contribution >= 0.6 is 0 Å². The van der Waals surface area contributed by atoms with Crippen molar-refractivity contribution in [1.82, 2.24) is 0 Å². The maximum absolute atomic E-state index is 11.7. The van der Waals surface area contributed by atoms with Crippen molar-refractivity contribution in [2.24, 2.45) is 5.92 Å². The Bertz CT molecular complexity index is 280. The van der Waals surface area contributed by atoms with E-state index >= 15 is 0 Å². The van der Waals surface area contributed by atoms with E-state index in [4.69, 9.17) is 18.9 Å². The molecule has 0 bridgehead atoms. The van der Waals surface area contributed by atoms with Crippen LogP contribution in [0.4, 0.5) is 0 Å². The standard InChI is InChI=1S/C14H24O5/c1-2-17-13(15)11-14(18-9-10-19-14)6-3-12-4-7-16-8-5-12/h12H,2-11H2,1H3. The lowest BCUT2D eigenvalue weighted by molar-refractivity contribution is -0.187. The molecule has 5 heteroatoms. The molecule has 2 aliphatic heterocycles. The Labute approximate surface area is 114 Å². The first kappa shape index (κ1) is 14.8. The third-order valence-electron chi connectivity index (χ3n) is 3.81. The lowest BCUT2D eigenvalue weighted by Gasteiger charge is -2.29. The fourth-order valence-corrected chi connectivity index (χ4v) is 2.72. The van der Waals surface area contributed by atoms with Gasteiger partial charge in [0.25, 0.3) is 0 Å². The van der Waals surface area contributed by atoms with E-state index in [1.165, 1.54) is 0 Å². The van der Waals surface area contributed by atoms with Gasteiger partial charge in [0.2, 0.25) is 0 Å². The van der Waals surface area contributed by atoms with E-state index in [0.29, 0.717) is 25.7 Å².